The van der Waals surface area contributed by atoms with Crippen molar-refractivity contribution in [3.63, 3.8) is 0 Å². The van der Waals surface area contributed by atoms with Crippen LogP contribution >= 0.6 is 0 Å². The second-order valence-electron chi connectivity index (χ2n) is 8.24. The van der Waals surface area contributed by atoms with Crippen molar-refractivity contribution >= 4 is 28.9 Å². The number of benzene rings is 3. The van der Waals surface area contributed by atoms with Crippen molar-refractivity contribution in [1.82, 2.24) is 5.32 Å². The van der Waals surface area contributed by atoms with Crippen LogP contribution in [0.2, 0.25) is 0 Å². The van der Waals surface area contributed by atoms with Crippen molar-refractivity contribution in [3.8, 4) is 6.07 Å². The zero-order valence-corrected chi connectivity index (χ0v) is 19.0. The molecule has 1 amide bonds. The molecule has 0 aromatic heterocycles. The maximum atomic E-state index is 13.3. The predicted octanol–water partition coefficient (Wildman–Crippen LogP) is 4.17. The first-order valence-electron chi connectivity index (χ1n) is 11.0. The Hall–Kier alpha value is -4.37. The average molecular weight is 452 g/mol. The van der Waals surface area contributed by atoms with E-state index in [2.05, 4.69) is 28.9 Å². The average Bonchev–Trinajstić information content (AvgIpc) is 3.19. The van der Waals surface area contributed by atoms with Gasteiger partial charge >= 0.3 is 0 Å². The van der Waals surface area contributed by atoms with Gasteiger partial charge < -0.3 is 20.9 Å². The van der Waals surface area contributed by atoms with E-state index in [4.69, 9.17) is 5.26 Å². The Kier molecular flexibility index (Phi) is 6.74. The van der Waals surface area contributed by atoms with E-state index in [-0.39, 0.29) is 11.8 Å². The third-order valence-corrected chi connectivity index (χ3v) is 5.94. The predicted molar refractivity (Wildman–Crippen MR) is 133 cm³/mol. The molecule has 0 spiro atoms. The summed E-state index contributed by atoms with van der Waals surface area (Å²) in [5.41, 5.74) is 4.77. The van der Waals surface area contributed by atoms with Gasteiger partial charge in [0, 0.05) is 19.3 Å². The van der Waals surface area contributed by atoms with Crippen LogP contribution in [0.15, 0.2) is 78.6 Å². The molecule has 3 aromatic carbocycles. The lowest BCUT2D eigenvalue weighted by atomic mass is 9.98. The zero-order chi connectivity index (χ0) is 24.1. The number of carbonyl (C=O) groups excluding carboxylic acids is 2. The fourth-order valence-corrected chi connectivity index (χ4v) is 3.94. The normalized spacial score (nSPS) is 13.8. The number of nitrogens with one attached hydrogen (secondary N) is 3. The van der Waals surface area contributed by atoms with Gasteiger partial charge in [0.1, 0.15) is 6.04 Å². The van der Waals surface area contributed by atoms with Gasteiger partial charge in [-0.1, -0.05) is 49.4 Å². The minimum absolute atomic E-state index is 0.139. The Morgan fingerprint density at radius 3 is 2.47 bits per heavy atom. The smallest absolute Gasteiger partial charge is 0.246 e. The molecule has 0 bridgehead atoms. The third-order valence-electron chi connectivity index (χ3n) is 5.94. The van der Waals surface area contributed by atoms with E-state index >= 15 is 0 Å². The summed E-state index contributed by atoms with van der Waals surface area (Å²) >= 11 is 0. The van der Waals surface area contributed by atoms with Crippen LogP contribution in [0.5, 0.6) is 0 Å². The van der Waals surface area contributed by atoms with Crippen LogP contribution in [-0.4, -0.2) is 25.4 Å². The number of carbonyl (C=O) groups is 1. The van der Waals surface area contributed by atoms with Gasteiger partial charge in [-0.2, -0.15) is 5.26 Å². The number of nitrogens with zero attached hydrogens (tertiary/aromatic N) is 2. The van der Waals surface area contributed by atoms with Crippen LogP contribution in [-0.2, 0) is 9.59 Å². The van der Waals surface area contributed by atoms with Gasteiger partial charge in [-0.05, 0) is 47.4 Å². The van der Waals surface area contributed by atoms with Gasteiger partial charge in [-0.15, -0.1) is 0 Å². The maximum absolute atomic E-state index is 13.3. The van der Waals surface area contributed by atoms with Crippen LogP contribution in [0.1, 0.15) is 35.6 Å². The number of amides is 1. The molecule has 0 fully saturated rings. The molecule has 0 saturated heterocycles. The van der Waals surface area contributed by atoms with Crippen molar-refractivity contribution in [1.29, 1.82) is 5.26 Å². The summed E-state index contributed by atoms with van der Waals surface area (Å²) in [6.07, 6.45) is 0. The summed E-state index contributed by atoms with van der Waals surface area (Å²) in [7, 11) is 1.77. The highest BCUT2D eigenvalue weighted by molar-refractivity contribution is 5.97. The van der Waals surface area contributed by atoms with Crippen molar-refractivity contribution in [3.05, 3.63) is 95.3 Å². The highest BCUT2D eigenvalue weighted by atomic mass is 16.2. The van der Waals surface area contributed by atoms with Gasteiger partial charge in [0.25, 0.3) is 0 Å². The molecule has 4 rings (SSSR count). The monoisotopic (exact) mass is 451 g/mol. The van der Waals surface area contributed by atoms with E-state index in [1.165, 1.54) is 0 Å². The molecule has 170 valence electrons. The quantitative estimate of drug-likeness (QED) is 0.467. The van der Waals surface area contributed by atoms with Gasteiger partial charge in [-0.25, -0.2) is 4.79 Å². The Morgan fingerprint density at radius 1 is 1.06 bits per heavy atom. The molecule has 1 aliphatic heterocycles. The van der Waals surface area contributed by atoms with Crippen LogP contribution in [0.3, 0.4) is 0 Å². The van der Waals surface area contributed by atoms with Gasteiger partial charge in [0.15, 0.2) is 11.8 Å². The molecule has 0 unspecified atom stereocenters. The van der Waals surface area contributed by atoms with Crippen molar-refractivity contribution in [2.45, 2.75) is 18.9 Å². The molecule has 0 saturated carbocycles. The van der Waals surface area contributed by atoms with Crippen molar-refractivity contribution in [2.24, 2.45) is 0 Å². The number of hydrogen-bond donors (Lipinski definition) is 3. The lowest BCUT2D eigenvalue weighted by Gasteiger charge is -2.22. The number of rotatable bonds is 7. The maximum Gasteiger partial charge on any atom is 0.246 e. The molecule has 0 radical (unpaired) electrons. The first-order chi connectivity index (χ1) is 16.5. The zero-order valence-electron chi connectivity index (χ0n) is 19.0. The largest absolute Gasteiger partial charge is 0.330 e. The fraction of sp³-hybridized carbons (Fsp3) is 0.185. The molecule has 3 N–H and O–H groups in total. The number of nitriles is 1. The van der Waals surface area contributed by atoms with Gasteiger partial charge in [0.2, 0.25) is 5.91 Å². The van der Waals surface area contributed by atoms with E-state index in [1.807, 2.05) is 60.5 Å². The molecule has 7 nitrogen and oxygen atoms in total. The molecular formula is C27H25N5O2. The Labute approximate surface area is 198 Å². The first-order valence-corrected chi connectivity index (χ1v) is 11.0. The standard InChI is InChI=1S/C27H25N5O2/c1-18(20-10-8-19(15-28)9-11-20)16-29-26(21-6-4-3-5-7-21)27(34)30-22-12-13-23-24(14-22)32(2)25(17-33)31-23/h3-14,18,26,29,31H,16H2,1-2H3,(H,30,34)/t18-,26-/m1/s1. The summed E-state index contributed by atoms with van der Waals surface area (Å²) in [4.78, 5) is 26.1. The highest BCUT2D eigenvalue weighted by Gasteiger charge is 2.24. The second kappa shape index (κ2) is 10.1. The van der Waals surface area contributed by atoms with Crippen LogP contribution in [0.4, 0.5) is 17.1 Å². The van der Waals surface area contributed by atoms with Gasteiger partial charge in [0.05, 0.1) is 23.0 Å². The summed E-state index contributed by atoms with van der Waals surface area (Å²) in [5, 5.41) is 18.4. The number of anilines is 3. The first kappa shape index (κ1) is 22.8. The number of hydrogen-bond acceptors (Lipinski definition) is 6. The summed E-state index contributed by atoms with van der Waals surface area (Å²) in [5.74, 6) is 2.16. The molecule has 1 heterocycles. The van der Waals surface area contributed by atoms with E-state index in [1.54, 1.807) is 30.1 Å². The van der Waals surface area contributed by atoms with E-state index in [0.717, 1.165) is 22.5 Å². The van der Waals surface area contributed by atoms with Gasteiger partial charge in [-0.3, -0.25) is 4.79 Å². The SMILES string of the molecule is C[C@H](CN[C@@H](C(=O)Nc1ccc2c(c1)N(C)C(=C=O)N2)c1ccccc1)c1ccc(C#N)cc1. The Bertz CT molecular complexity index is 1270. The molecule has 34 heavy (non-hydrogen) atoms. The number of fused-ring (bicyclic) bond motifs is 1. The molecular weight excluding hydrogens is 426 g/mol. The van der Waals surface area contributed by atoms with Crippen molar-refractivity contribution < 1.29 is 9.59 Å². The third kappa shape index (κ3) is 4.84. The van der Waals surface area contributed by atoms with Crippen LogP contribution in [0, 0.1) is 11.3 Å². The van der Waals surface area contributed by atoms with E-state index in [9.17, 15) is 9.59 Å². The topological polar surface area (TPSA) is 97.3 Å². The Balaban J connectivity index is 1.50. The second-order valence-corrected chi connectivity index (χ2v) is 8.24. The van der Waals surface area contributed by atoms with Crippen LogP contribution < -0.4 is 20.9 Å². The fourth-order valence-electron chi connectivity index (χ4n) is 3.94. The van der Waals surface area contributed by atoms with E-state index < -0.39 is 6.04 Å². The highest BCUT2D eigenvalue weighted by Crippen LogP contribution is 2.36. The molecule has 1 aliphatic rings. The lowest BCUT2D eigenvalue weighted by molar-refractivity contribution is -0.118. The summed E-state index contributed by atoms with van der Waals surface area (Å²) < 4.78 is 0. The molecule has 2 atom stereocenters. The lowest BCUT2D eigenvalue weighted by Crippen LogP contribution is -2.35. The molecule has 3 aromatic rings. The minimum atomic E-state index is -0.559. The van der Waals surface area contributed by atoms with Crippen LogP contribution in [0.25, 0.3) is 0 Å². The Morgan fingerprint density at radius 2 is 1.79 bits per heavy atom. The van der Waals surface area contributed by atoms with E-state index in [0.29, 0.717) is 23.6 Å². The molecule has 7 heteroatoms. The summed E-state index contributed by atoms with van der Waals surface area (Å²) in [6, 6.07) is 24.1. The molecule has 0 aliphatic carbocycles. The summed E-state index contributed by atoms with van der Waals surface area (Å²) in [6.45, 7) is 2.65. The van der Waals surface area contributed by atoms with Crippen molar-refractivity contribution in [2.75, 3.05) is 29.1 Å². The minimum Gasteiger partial charge on any atom is -0.330 e.